The maximum Gasteiger partial charge on any atom is 0.191 e. The molecule has 0 radical (unpaired) electrons. The van der Waals surface area contributed by atoms with Crippen molar-refractivity contribution in [3.8, 4) is 0 Å². The molecule has 0 saturated carbocycles. The summed E-state index contributed by atoms with van der Waals surface area (Å²) >= 11 is 0. The molecule has 1 aliphatic rings. The number of furan rings is 1. The SMILES string of the molecule is CCNC(=NCC(C)(O)c1ccco1)NCCCN1CCC(C)CC1. The van der Waals surface area contributed by atoms with Crippen LogP contribution in [0.1, 0.15) is 45.8 Å². The topological polar surface area (TPSA) is 73.0 Å². The number of hydrogen-bond acceptors (Lipinski definition) is 4. The van der Waals surface area contributed by atoms with E-state index in [1.807, 2.05) is 6.92 Å². The average molecular weight is 351 g/mol. The predicted octanol–water partition coefficient (Wildman–Crippen LogP) is 2.16. The smallest absolute Gasteiger partial charge is 0.191 e. The first kappa shape index (κ1) is 19.8. The molecule has 142 valence electrons. The standard InChI is InChI=1S/C19H34N4O2/c1-4-20-18(22-15-19(3,24)17-7-5-14-25-17)21-10-6-11-23-12-8-16(2)9-13-23/h5,7,14,16,24H,4,6,8-13,15H2,1-3H3,(H2,20,21,22). The first-order chi connectivity index (χ1) is 12.0. The van der Waals surface area contributed by atoms with Crippen molar-refractivity contribution in [2.24, 2.45) is 10.9 Å². The van der Waals surface area contributed by atoms with Crippen molar-refractivity contribution in [1.29, 1.82) is 0 Å². The maximum absolute atomic E-state index is 10.5. The Morgan fingerprint density at radius 1 is 1.40 bits per heavy atom. The number of likely N-dealkylation sites (tertiary alicyclic amines) is 1. The summed E-state index contributed by atoms with van der Waals surface area (Å²) in [5, 5.41) is 17.1. The molecule has 0 aliphatic carbocycles. The van der Waals surface area contributed by atoms with Crippen molar-refractivity contribution in [2.75, 3.05) is 39.3 Å². The third-order valence-corrected chi connectivity index (χ3v) is 4.76. The Kier molecular flexibility index (Phi) is 7.78. The fraction of sp³-hybridized carbons (Fsp3) is 0.737. The van der Waals surface area contributed by atoms with Gasteiger partial charge >= 0.3 is 0 Å². The quantitative estimate of drug-likeness (QED) is 0.381. The molecule has 1 aromatic rings. The maximum atomic E-state index is 10.5. The van der Waals surface area contributed by atoms with Crippen LogP contribution in [0.15, 0.2) is 27.8 Å². The van der Waals surface area contributed by atoms with Crippen molar-refractivity contribution in [3.63, 3.8) is 0 Å². The van der Waals surface area contributed by atoms with Crippen LogP contribution in [0.2, 0.25) is 0 Å². The van der Waals surface area contributed by atoms with Gasteiger partial charge in [0.2, 0.25) is 0 Å². The molecule has 6 nitrogen and oxygen atoms in total. The predicted molar refractivity (Wildman–Crippen MR) is 102 cm³/mol. The molecule has 3 N–H and O–H groups in total. The largest absolute Gasteiger partial charge is 0.466 e. The molecule has 0 bridgehead atoms. The number of rotatable bonds is 8. The van der Waals surface area contributed by atoms with E-state index >= 15 is 0 Å². The fourth-order valence-electron chi connectivity index (χ4n) is 3.03. The van der Waals surface area contributed by atoms with Gasteiger partial charge in [-0.15, -0.1) is 0 Å². The van der Waals surface area contributed by atoms with E-state index in [-0.39, 0.29) is 6.54 Å². The van der Waals surface area contributed by atoms with Gasteiger partial charge in [-0.05, 0) is 70.8 Å². The molecule has 1 aliphatic heterocycles. The Hall–Kier alpha value is -1.53. The molecular weight excluding hydrogens is 316 g/mol. The summed E-state index contributed by atoms with van der Waals surface area (Å²) < 4.78 is 5.30. The van der Waals surface area contributed by atoms with Gasteiger partial charge in [-0.2, -0.15) is 0 Å². The second kappa shape index (κ2) is 9.82. The number of guanidine groups is 1. The van der Waals surface area contributed by atoms with Crippen LogP contribution in [0.3, 0.4) is 0 Å². The third kappa shape index (κ3) is 6.71. The fourth-order valence-corrected chi connectivity index (χ4v) is 3.03. The molecule has 1 saturated heterocycles. The van der Waals surface area contributed by atoms with Crippen molar-refractivity contribution < 1.29 is 9.52 Å². The van der Waals surface area contributed by atoms with Gasteiger partial charge in [0.05, 0.1) is 12.8 Å². The van der Waals surface area contributed by atoms with Gasteiger partial charge in [0.15, 0.2) is 5.96 Å². The minimum atomic E-state index is -1.10. The Labute approximate surface area is 151 Å². The Morgan fingerprint density at radius 3 is 2.80 bits per heavy atom. The van der Waals surface area contributed by atoms with Gasteiger partial charge in [0.25, 0.3) is 0 Å². The van der Waals surface area contributed by atoms with Crippen LogP contribution in [0.25, 0.3) is 0 Å². The molecule has 1 fully saturated rings. The van der Waals surface area contributed by atoms with Crippen LogP contribution in [0.5, 0.6) is 0 Å². The monoisotopic (exact) mass is 350 g/mol. The molecule has 0 aromatic carbocycles. The summed E-state index contributed by atoms with van der Waals surface area (Å²) in [7, 11) is 0. The highest BCUT2D eigenvalue weighted by atomic mass is 16.4. The number of aliphatic imine (C=N–C) groups is 1. The first-order valence-corrected chi connectivity index (χ1v) is 9.52. The zero-order chi connectivity index (χ0) is 18.1. The van der Waals surface area contributed by atoms with E-state index in [1.54, 1.807) is 25.3 Å². The van der Waals surface area contributed by atoms with Crippen LogP contribution in [-0.2, 0) is 5.60 Å². The van der Waals surface area contributed by atoms with E-state index in [2.05, 4.69) is 27.4 Å². The summed E-state index contributed by atoms with van der Waals surface area (Å²) in [6, 6.07) is 3.55. The highest BCUT2D eigenvalue weighted by Gasteiger charge is 2.26. The molecule has 25 heavy (non-hydrogen) atoms. The van der Waals surface area contributed by atoms with E-state index < -0.39 is 5.60 Å². The summed E-state index contributed by atoms with van der Waals surface area (Å²) in [6.45, 7) is 11.6. The zero-order valence-electron chi connectivity index (χ0n) is 15.9. The second-order valence-corrected chi connectivity index (χ2v) is 7.25. The molecule has 6 heteroatoms. The molecule has 2 heterocycles. The van der Waals surface area contributed by atoms with Crippen LogP contribution in [0, 0.1) is 5.92 Å². The lowest BCUT2D eigenvalue weighted by atomic mass is 9.99. The summed E-state index contributed by atoms with van der Waals surface area (Å²) in [5.41, 5.74) is -1.10. The third-order valence-electron chi connectivity index (χ3n) is 4.76. The molecule has 1 atom stereocenters. The van der Waals surface area contributed by atoms with Gasteiger partial charge < -0.3 is 25.1 Å². The van der Waals surface area contributed by atoms with Gasteiger partial charge in [0, 0.05) is 13.1 Å². The highest BCUT2D eigenvalue weighted by molar-refractivity contribution is 5.79. The number of nitrogens with one attached hydrogen (secondary N) is 2. The van der Waals surface area contributed by atoms with Crippen molar-refractivity contribution in [2.45, 2.75) is 45.6 Å². The summed E-state index contributed by atoms with van der Waals surface area (Å²) in [6.07, 6.45) is 5.30. The van der Waals surface area contributed by atoms with Crippen molar-refractivity contribution in [1.82, 2.24) is 15.5 Å². The normalized spacial score (nSPS) is 19.6. The van der Waals surface area contributed by atoms with E-state index in [9.17, 15) is 5.11 Å². The number of piperidine rings is 1. The molecule has 0 spiro atoms. The summed E-state index contributed by atoms with van der Waals surface area (Å²) in [4.78, 5) is 7.06. The minimum absolute atomic E-state index is 0.250. The van der Waals surface area contributed by atoms with Gasteiger partial charge in [-0.3, -0.25) is 0 Å². The van der Waals surface area contributed by atoms with E-state index in [1.165, 1.54) is 25.9 Å². The van der Waals surface area contributed by atoms with Gasteiger partial charge in [-0.25, -0.2) is 4.99 Å². The number of hydrogen-bond donors (Lipinski definition) is 3. The molecular formula is C19H34N4O2. The van der Waals surface area contributed by atoms with E-state index in [4.69, 9.17) is 4.42 Å². The van der Waals surface area contributed by atoms with Crippen LogP contribution < -0.4 is 10.6 Å². The van der Waals surface area contributed by atoms with Gasteiger partial charge in [-0.1, -0.05) is 6.92 Å². The van der Waals surface area contributed by atoms with Gasteiger partial charge in [0.1, 0.15) is 11.4 Å². The molecule has 1 aromatic heterocycles. The second-order valence-electron chi connectivity index (χ2n) is 7.25. The Balaban J connectivity index is 1.74. The lowest BCUT2D eigenvalue weighted by Gasteiger charge is -2.30. The summed E-state index contributed by atoms with van der Waals surface area (Å²) in [5.74, 6) is 2.15. The van der Waals surface area contributed by atoms with Crippen LogP contribution in [-0.4, -0.2) is 55.2 Å². The van der Waals surface area contributed by atoms with Crippen molar-refractivity contribution in [3.05, 3.63) is 24.2 Å². The minimum Gasteiger partial charge on any atom is -0.466 e. The lowest BCUT2D eigenvalue weighted by Crippen LogP contribution is -2.40. The zero-order valence-corrected chi connectivity index (χ0v) is 15.9. The van der Waals surface area contributed by atoms with Crippen molar-refractivity contribution >= 4 is 5.96 Å². The molecule has 0 amide bonds. The first-order valence-electron chi connectivity index (χ1n) is 9.52. The van der Waals surface area contributed by atoms with Crippen LogP contribution >= 0.6 is 0 Å². The lowest BCUT2D eigenvalue weighted by molar-refractivity contribution is 0.0437. The number of aliphatic hydroxyl groups is 1. The molecule has 1 unspecified atom stereocenters. The van der Waals surface area contributed by atoms with E-state index in [0.29, 0.717) is 5.76 Å². The molecule has 2 rings (SSSR count). The highest BCUT2D eigenvalue weighted by Crippen LogP contribution is 2.21. The Bertz CT molecular complexity index is 506. The average Bonchev–Trinajstić information content (AvgIpc) is 3.13. The number of nitrogens with zero attached hydrogens (tertiary/aromatic N) is 2. The van der Waals surface area contributed by atoms with Crippen LogP contribution in [0.4, 0.5) is 0 Å². The van der Waals surface area contributed by atoms with E-state index in [0.717, 1.165) is 37.9 Å². The Morgan fingerprint density at radius 2 is 2.16 bits per heavy atom.